The highest BCUT2D eigenvalue weighted by Crippen LogP contribution is 2.29. The second-order valence-corrected chi connectivity index (χ2v) is 4.29. The summed E-state index contributed by atoms with van der Waals surface area (Å²) in [5.41, 5.74) is 0. The maximum Gasteiger partial charge on any atom is 0.0186 e. The van der Waals surface area contributed by atoms with E-state index in [0.29, 0.717) is 0 Å². The molecule has 0 bridgehead atoms. The molecule has 60 valence electrons. The fourth-order valence-corrected chi connectivity index (χ4v) is 2.43. The van der Waals surface area contributed by atoms with Gasteiger partial charge in [-0.1, -0.05) is 28.8 Å². The molecule has 0 saturated heterocycles. The lowest BCUT2D eigenvalue weighted by Crippen LogP contribution is -2.28. The molecular formula is C8H16BrN. The van der Waals surface area contributed by atoms with Crippen LogP contribution < -0.4 is 5.32 Å². The molecule has 1 N–H and O–H groups in total. The smallest absolute Gasteiger partial charge is 0.0186 e. The van der Waals surface area contributed by atoms with Crippen molar-refractivity contribution in [2.24, 2.45) is 5.92 Å². The van der Waals surface area contributed by atoms with Crippen LogP contribution in [0.4, 0.5) is 0 Å². The summed E-state index contributed by atoms with van der Waals surface area (Å²) in [4.78, 5) is 0.772. The minimum absolute atomic E-state index is 0.772. The summed E-state index contributed by atoms with van der Waals surface area (Å²) in [6.07, 6.45) is 5.60. The average Bonchev–Trinajstić information content (AvgIpc) is 1.94. The summed E-state index contributed by atoms with van der Waals surface area (Å²) in [5, 5.41) is 3.24. The van der Waals surface area contributed by atoms with E-state index in [2.05, 4.69) is 21.2 Å². The predicted molar refractivity (Wildman–Crippen MR) is 48.6 cm³/mol. The summed E-state index contributed by atoms with van der Waals surface area (Å²) in [5.74, 6) is 0.874. The fraction of sp³-hybridized carbons (Fsp3) is 1.00. The van der Waals surface area contributed by atoms with Crippen LogP contribution >= 0.6 is 15.9 Å². The third-order valence-electron chi connectivity index (χ3n) is 2.28. The molecule has 1 fully saturated rings. The maximum atomic E-state index is 3.72. The normalized spacial score (nSPS) is 34.2. The zero-order valence-electron chi connectivity index (χ0n) is 6.57. The third kappa shape index (κ3) is 2.24. The first kappa shape index (κ1) is 8.54. The molecule has 0 radical (unpaired) electrons. The molecule has 0 heterocycles. The van der Waals surface area contributed by atoms with E-state index in [1.165, 1.54) is 32.2 Å². The zero-order chi connectivity index (χ0) is 7.40. The molecule has 0 aliphatic heterocycles. The molecule has 10 heavy (non-hydrogen) atoms. The van der Waals surface area contributed by atoms with Gasteiger partial charge in [0.25, 0.3) is 0 Å². The molecule has 2 atom stereocenters. The van der Waals surface area contributed by atoms with Crippen LogP contribution in [0.5, 0.6) is 0 Å². The van der Waals surface area contributed by atoms with Gasteiger partial charge in [0.15, 0.2) is 0 Å². The zero-order valence-corrected chi connectivity index (χ0v) is 8.15. The topological polar surface area (TPSA) is 12.0 Å². The third-order valence-corrected chi connectivity index (χ3v) is 3.49. The van der Waals surface area contributed by atoms with Crippen molar-refractivity contribution in [1.82, 2.24) is 5.32 Å². The second kappa shape index (κ2) is 4.35. The summed E-state index contributed by atoms with van der Waals surface area (Å²) in [6.45, 7) is 1.18. The van der Waals surface area contributed by atoms with Crippen molar-refractivity contribution in [1.29, 1.82) is 0 Å². The number of hydrogen-bond acceptors (Lipinski definition) is 1. The summed E-state index contributed by atoms with van der Waals surface area (Å²) < 4.78 is 0. The molecule has 1 aliphatic carbocycles. The SMILES string of the molecule is CNCC1CCCCC1Br. The van der Waals surface area contributed by atoms with Crippen LogP contribution in [0.25, 0.3) is 0 Å². The van der Waals surface area contributed by atoms with Crippen LogP contribution in [-0.4, -0.2) is 18.4 Å². The minimum atomic E-state index is 0.772. The van der Waals surface area contributed by atoms with Gasteiger partial charge in [-0.15, -0.1) is 0 Å². The van der Waals surface area contributed by atoms with Gasteiger partial charge in [0.2, 0.25) is 0 Å². The lowest BCUT2D eigenvalue weighted by molar-refractivity contribution is 0.366. The highest BCUT2D eigenvalue weighted by atomic mass is 79.9. The van der Waals surface area contributed by atoms with Gasteiger partial charge >= 0.3 is 0 Å². The van der Waals surface area contributed by atoms with Gasteiger partial charge in [0.05, 0.1) is 0 Å². The molecule has 0 amide bonds. The van der Waals surface area contributed by atoms with Crippen molar-refractivity contribution in [3.05, 3.63) is 0 Å². The first-order valence-corrected chi connectivity index (χ1v) is 5.05. The average molecular weight is 206 g/mol. The molecule has 2 heteroatoms. The van der Waals surface area contributed by atoms with Crippen LogP contribution in [0, 0.1) is 5.92 Å². The fourth-order valence-electron chi connectivity index (χ4n) is 1.65. The molecule has 1 nitrogen and oxygen atoms in total. The number of alkyl halides is 1. The Labute approximate surface area is 71.7 Å². The molecule has 0 aromatic rings. The monoisotopic (exact) mass is 205 g/mol. The van der Waals surface area contributed by atoms with Crippen molar-refractivity contribution < 1.29 is 0 Å². The summed E-state index contributed by atoms with van der Waals surface area (Å²) in [7, 11) is 2.04. The Hall–Kier alpha value is 0.440. The van der Waals surface area contributed by atoms with Crippen LogP contribution in [0.3, 0.4) is 0 Å². The van der Waals surface area contributed by atoms with E-state index in [1.54, 1.807) is 0 Å². The van der Waals surface area contributed by atoms with Gasteiger partial charge in [0.1, 0.15) is 0 Å². The number of halogens is 1. The predicted octanol–water partition coefficient (Wildman–Crippen LogP) is 2.16. The van der Waals surface area contributed by atoms with E-state index in [0.717, 1.165) is 10.7 Å². The van der Waals surface area contributed by atoms with E-state index in [1.807, 2.05) is 7.05 Å². The Morgan fingerprint density at radius 1 is 1.40 bits per heavy atom. The molecule has 1 rings (SSSR count). The van der Waals surface area contributed by atoms with E-state index in [-0.39, 0.29) is 0 Å². The number of rotatable bonds is 2. The summed E-state index contributed by atoms with van der Waals surface area (Å²) in [6, 6.07) is 0. The molecule has 1 aliphatic rings. The molecule has 0 aromatic heterocycles. The first-order chi connectivity index (χ1) is 4.84. The van der Waals surface area contributed by atoms with Crippen LogP contribution in [-0.2, 0) is 0 Å². The van der Waals surface area contributed by atoms with Gasteiger partial charge in [-0.3, -0.25) is 0 Å². The van der Waals surface area contributed by atoms with Crippen molar-refractivity contribution in [3.8, 4) is 0 Å². The van der Waals surface area contributed by atoms with Gasteiger partial charge < -0.3 is 5.32 Å². The van der Waals surface area contributed by atoms with E-state index >= 15 is 0 Å². The molecule has 0 spiro atoms. The Bertz CT molecular complexity index is 93.3. The molecular weight excluding hydrogens is 190 g/mol. The molecule has 1 saturated carbocycles. The lowest BCUT2D eigenvalue weighted by Gasteiger charge is -2.26. The molecule has 2 unspecified atom stereocenters. The van der Waals surface area contributed by atoms with Crippen LogP contribution in [0.2, 0.25) is 0 Å². The van der Waals surface area contributed by atoms with E-state index in [9.17, 15) is 0 Å². The quantitative estimate of drug-likeness (QED) is 0.682. The Balaban J connectivity index is 2.25. The Morgan fingerprint density at radius 3 is 2.70 bits per heavy atom. The van der Waals surface area contributed by atoms with Crippen LogP contribution in [0.15, 0.2) is 0 Å². The molecule has 0 aromatic carbocycles. The number of hydrogen-bond donors (Lipinski definition) is 1. The van der Waals surface area contributed by atoms with Gasteiger partial charge in [-0.05, 0) is 32.4 Å². The Morgan fingerprint density at radius 2 is 2.10 bits per heavy atom. The van der Waals surface area contributed by atoms with Gasteiger partial charge in [-0.2, -0.15) is 0 Å². The summed E-state index contributed by atoms with van der Waals surface area (Å²) >= 11 is 3.72. The van der Waals surface area contributed by atoms with E-state index in [4.69, 9.17) is 0 Å². The lowest BCUT2D eigenvalue weighted by atomic mass is 9.89. The van der Waals surface area contributed by atoms with Crippen molar-refractivity contribution in [2.45, 2.75) is 30.5 Å². The van der Waals surface area contributed by atoms with Crippen LogP contribution in [0.1, 0.15) is 25.7 Å². The minimum Gasteiger partial charge on any atom is -0.319 e. The number of nitrogens with one attached hydrogen (secondary N) is 1. The Kier molecular flexibility index (Phi) is 3.71. The highest BCUT2D eigenvalue weighted by Gasteiger charge is 2.21. The van der Waals surface area contributed by atoms with Crippen molar-refractivity contribution >= 4 is 15.9 Å². The first-order valence-electron chi connectivity index (χ1n) is 4.13. The van der Waals surface area contributed by atoms with Gasteiger partial charge in [0, 0.05) is 4.83 Å². The standard InChI is InChI=1S/C8H16BrN/c1-10-6-7-4-2-3-5-8(7)9/h7-8,10H,2-6H2,1H3. The highest BCUT2D eigenvalue weighted by molar-refractivity contribution is 9.09. The largest absolute Gasteiger partial charge is 0.319 e. The van der Waals surface area contributed by atoms with E-state index < -0.39 is 0 Å². The van der Waals surface area contributed by atoms with Crippen molar-refractivity contribution in [2.75, 3.05) is 13.6 Å². The maximum absolute atomic E-state index is 3.72. The van der Waals surface area contributed by atoms with Gasteiger partial charge in [-0.25, -0.2) is 0 Å². The van der Waals surface area contributed by atoms with Crippen molar-refractivity contribution in [3.63, 3.8) is 0 Å². The second-order valence-electron chi connectivity index (χ2n) is 3.12.